The van der Waals surface area contributed by atoms with Crippen molar-refractivity contribution in [3.63, 3.8) is 0 Å². The number of likely N-dealkylation sites (N-methyl/N-ethyl adjacent to an activating group) is 1. The Labute approximate surface area is 181 Å². The van der Waals surface area contributed by atoms with Crippen LogP contribution in [-0.2, 0) is 6.54 Å². The molecule has 1 aliphatic heterocycles. The fraction of sp³-hybridized carbons (Fsp3) is 0.364. The third-order valence-electron chi connectivity index (χ3n) is 5.58. The van der Waals surface area contributed by atoms with Crippen LogP contribution in [0.15, 0.2) is 42.7 Å². The molecule has 1 fully saturated rings. The van der Waals surface area contributed by atoms with Gasteiger partial charge in [-0.3, -0.25) is 10.1 Å². The Morgan fingerprint density at radius 1 is 1.06 bits per heavy atom. The lowest BCUT2D eigenvalue weighted by atomic mass is 10.1. The zero-order chi connectivity index (χ0) is 21.8. The Morgan fingerprint density at radius 2 is 1.81 bits per heavy atom. The molecule has 1 saturated heterocycles. The molecule has 0 bridgehead atoms. The molecule has 31 heavy (non-hydrogen) atoms. The Bertz CT molecular complexity index is 1060. The highest BCUT2D eigenvalue weighted by Crippen LogP contribution is 2.32. The summed E-state index contributed by atoms with van der Waals surface area (Å²) in [6.07, 6.45) is 1.47. The van der Waals surface area contributed by atoms with Gasteiger partial charge in [0.05, 0.1) is 10.4 Å². The van der Waals surface area contributed by atoms with E-state index in [0.717, 1.165) is 31.7 Å². The first kappa shape index (κ1) is 20.8. The van der Waals surface area contributed by atoms with Crippen molar-refractivity contribution < 1.29 is 4.92 Å². The van der Waals surface area contributed by atoms with Gasteiger partial charge >= 0.3 is 0 Å². The second-order valence-electron chi connectivity index (χ2n) is 7.71. The number of benzene rings is 2. The molecule has 0 unspecified atom stereocenters. The van der Waals surface area contributed by atoms with Crippen LogP contribution in [0.3, 0.4) is 0 Å². The van der Waals surface area contributed by atoms with E-state index < -0.39 is 0 Å². The minimum atomic E-state index is -0.384. The standard InChI is InChI=1S/C22H27N7O2/c1-3-23-20-13-19-18(12-21(20)29(30)31)22(26-15-25-19)24-14-16-4-6-17(7-5-16)28-10-8-27(2)9-11-28/h4-7,12-13,15,23H,3,8-11,14H2,1-2H3,(H,24,25,26). The normalized spacial score (nSPS) is 14.6. The second-order valence-corrected chi connectivity index (χ2v) is 7.71. The van der Waals surface area contributed by atoms with Gasteiger partial charge in [-0.05, 0) is 37.7 Å². The molecule has 0 saturated carbocycles. The average molecular weight is 422 g/mol. The maximum Gasteiger partial charge on any atom is 0.293 e. The van der Waals surface area contributed by atoms with Gasteiger partial charge in [0.25, 0.3) is 5.69 Å². The highest BCUT2D eigenvalue weighted by atomic mass is 16.6. The molecule has 1 aliphatic rings. The van der Waals surface area contributed by atoms with Crippen molar-refractivity contribution in [1.29, 1.82) is 0 Å². The molecule has 0 amide bonds. The molecule has 0 aliphatic carbocycles. The topological polar surface area (TPSA) is 99.5 Å². The van der Waals surface area contributed by atoms with E-state index in [-0.39, 0.29) is 10.6 Å². The number of fused-ring (bicyclic) bond motifs is 1. The number of rotatable bonds is 7. The lowest BCUT2D eigenvalue weighted by molar-refractivity contribution is -0.383. The third kappa shape index (κ3) is 4.66. The summed E-state index contributed by atoms with van der Waals surface area (Å²) in [6, 6.07) is 11.7. The van der Waals surface area contributed by atoms with Crippen molar-refractivity contribution in [3.8, 4) is 0 Å². The van der Waals surface area contributed by atoms with E-state index >= 15 is 0 Å². The van der Waals surface area contributed by atoms with Crippen LogP contribution >= 0.6 is 0 Å². The van der Waals surface area contributed by atoms with Crippen LogP contribution in [-0.4, -0.2) is 59.6 Å². The van der Waals surface area contributed by atoms with Crippen LogP contribution in [0.2, 0.25) is 0 Å². The molecule has 2 N–H and O–H groups in total. The monoisotopic (exact) mass is 421 g/mol. The molecule has 0 spiro atoms. The molecule has 9 heteroatoms. The van der Waals surface area contributed by atoms with Crippen molar-refractivity contribution in [2.75, 3.05) is 55.3 Å². The molecule has 0 atom stereocenters. The Balaban J connectivity index is 1.51. The number of nitrogens with one attached hydrogen (secondary N) is 2. The summed E-state index contributed by atoms with van der Waals surface area (Å²) in [4.78, 5) is 24.5. The van der Waals surface area contributed by atoms with Crippen LogP contribution < -0.4 is 15.5 Å². The van der Waals surface area contributed by atoms with Crippen molar-refractivity contribution >= 4 is 33.8 Å². The van der Waals surface area contributed by atoms with Crippen molar-refractivity contribution in [1.82, 2.24) is 14.9 Å². The van der Waals surface area contributed by atoms with Crippen molar-refractivity contribution in [2.45, 2.75) is 13.5 Å². The highest BCUT2D eigenvalue weighted by Gasteiger charge is 2.18. The van der Waals surface area contributed by atoms with Gasteiger partial charge in [0.2, 0.25) is 0 Å². The highest BCUT2D eigenvalue weighted by molar-refractivity contribution is 5.94. The van der Waals surface area contributed by atoms with Gasteiger partial charge in [-0.25, -0.2) is 9.97 Å². The number of aromatic nitrogens is 2. The van der Waals surface area contributed by atoms with Crippen molar-refractivity contribution in [3.05, 3.63) is 58.4 Å². The maximum atomic E-state index is 11.5. The molecule has 3 aromatic rings. The molecule has 9 nitrogen and oxygen atoms in total. The Hall–Kier alpha value is -3.46. The molecule has 1 aromatic heterocycles. The van der Waals surface area contributed by atoms with Crippen LogP contribution in [0.4, 0.5) is 22.9 Å². The summed E-state index contributed by atoms with van der Waals surface area (Å²) in [5.41, 5.74) is 3.48. The lowest BCUT2D eigenvalue weighted by Crippen LogP contribution is -2.44. The molecular formula is C22H27N7O2. The van der Waals surface area contributed by atoms with Crippen molar-refractivity contribution in [2.24, 2.45) is 0 Å². The first-order valence-electron chi connectivity index (χ1n) is 10.5. The van der Waals surface area contributed by atoms with Gasteiger partial charge < -0.3 is 20.4 Å². The van der Waals surface area contributed by atoms with E-state index in [0.29, 0.717) is 35.5 Å². The van der Waals surface area contributed by atoms with E-state index in [1.807, 2.05) is 6.92 Å². The predicted octanol–water partition coefficient (Wildman–Crippen LogP) is 3.33. The number of nitro benzene ring substituents is 1. The van der Waals surface area contributed by atoms with Gasteiger partial charge in [-0.15, -0.1) is 0 Å². The molecule has 0 radical (unpaired) electrons. The molecular weight excluding hydrogens is 394 g/mol. The summed E-state index contributed by atoms with van der Waals surface area (Å²) in [6.45, 7) is 7.28. The largest absolute Gasteiger partial charge is 0.380 e. The van der Waals surface area contributed by atoms with Crippen LogP contribution in [0.25, 0.3) is 10.9 Å². The second kappa shape index (κ2) is 9.13. The minimum Gasteiger partial charge on any atom is -0.380 e. The van der Waals surface area contributed by atoms with E-state index in [1.165, 1.54) is 18.1 Å². The number of anilines is 3. The molecule has 162 valence electrons. The zero-order valence-electron chi connectivity index (χ0n) is 17.8. The van der Waals surface area contributed by atoms with E-state index in [4.69, 9.17) is 0 Å². The van der Waals surface area contributed by atoms with E-state index in [9.17, 15) is 10.1 Å². The zero-order valence-corrected chi connectivity index (χ0v) is 17.8. The van der Waals surface area contributed by atoms with Crippen LogP contribution in [0, 0.1) is 10.1 Å². The number of hydrogen-bond donors (Lipinski definition) is 2. The summed E-state index contributed by atoms with van der Waals surface area (Å²) >= 11 is 0. The van der Waals surface area contributed by atoms with Gasteiger partial charge in [0.1, 0.15) is 17.8 Å². The molecule has 2 heterocycles. The van der Waals surface area contributed by atoms with E-state index in [2.05, 4.69) is 61.7 Å². The fourth-order valence-electron chi connectivity index (χ4n) is 3.79. The fourth-order valence-corrected chi connectivity index (χ4v) is 3.79. The summed E-state index contributed by atoms with van der Waals surface area (Å²) in [7, 11) is 2.15. The van der Waals surface area contributed by atoms with Crippen LogP contribution in [0.1, 0.15) is 12.5 Å². The van der Waals surface area contributed by atoms with Gasteiger partial charge in [0.15, 0.2) is 0 Å². The van der Waals surface area contributed by atoms with Gasteiger partial charge in [-0.1, -0.05) is 12.1 Å². The lowest BCUT2D eigenvalue weighted by Gasteiger charge is -2.34. The summed E-state index contributed by atoms with van der Waals surface area (Å²) in [5.74, 6) is 0.583. The average Bonchev–Trinajstić information content (AvgIpc) is 2.78. The summed E-state index contributed by atoms with van der Waals surface area (Å²) in [5, 5.41) is 18.5. The van der Waals surface area contributed by atoms with Gasteiger partial charge in [0, 0.05) is 56.4 Å². The van der Waals surface area contributed by atoms with E-state index in [1.54, 1.807) is 6.07 Å². The van der Waals surface area contributed by atoms with Gasteiger partial charge in [-0.2, -0.15) is 0 Å². The number of hydrogen-bond acceptors (Lipinski definition) is 8. The molecule has 4 rings (SSSR count). The SMILES string of the molecule is CCNc1cc2ncnc(NCc3ccc(N4CCN(C)CC4)cc3)c2cc1[N+](=O)[O-]. The van der Waals surface area contributed by atoms with Crippen LogP contribution in [0.5, 0.6) is 0 Å². The number of piperazine rings is 1. The molecule has 2 aromatic carbocycles. The quantitative estimate of drug-likeness (QED) is 0.443. The summed E-state index contributed by atoms with van der Waals surface area (Å²) < 4.78 is 0. The maximum absolute atomic E-state index is 11.5. The number of nitro groups is 1. The predicted molar refractivity (Wildman–Crippen MR) is 124 cm³/mol. The number of nitrogens with zero attached hydrogens (tertiary/aromatic N) is 5. The minimum absolute atomic E-state index is 0.0173. The first-order valence-corrected chi connectivity index (χ1v) is 10.5. The Kier molecular flexibility index (Phi) is 6.13. The first-order chi connectivity index (χ1) is 15.0. The smallest absolute Gasteiger partial charge is 0.293 e. The Morgan fingerprint density at radius 3 is 2.48 bits per heavy atom. The third-order valence-corrected chi connectivity index (χ3v) is 5.58.